The molecule has 0 saturated carbocycles. The van der Waals surface area contributed by atoms with Crippen molar-refractivity contribution in [3.05, 3.63) is 0 Å². The molecule has 0 aliphatic rings. The fraction of sp³-hybridized carbons (Fsp3) is 0.800. The second-order valence-electron chi connectivity index (χ2n) is 3.70. The van der Waals surface area contributed by atoms with E-state index in [2.05, 4.69) is 10.5 Å². The molecule has 0 radical (unpaired) electrons. The molecule has 0 unspecified atom stereocenters. The van der Waals surface area contributed by atoms with Crippen LogP contribution in [0.15, 0.2) is 5.10 Å². The first-order valence-corrected chi connectivity index (χ1v) is 5.28. The van der Waals surface area contributed by atoms with E-state index in [0.29, 0.717) is 18.6 Å². The van der Waals surface area contributed by atoms with E-state index < -0.39 is 11.6 Å². The lowest BCUT2D eigenvalue weighted by Gasteiger charge is -2.27. The highest BCUT2D eigenvalue weighted by atomic mass is 16.3. The van der Waals surface area contributed by atoms with Gasteiger partial charge in [-0.3, -0.25) is 0 Å². The molecule has 0 heterocycles. The number of nitrogens with two attached hydrogens (primary N) is 1. The Kier molecular flexibility index (Phi) is 5.93. The van der Waals surface area contributed by atoms with Gasteiger partial charge in [-0.25, -0.2) is 10.2 Å². The number of primary amides is 1. The highest BCUT2D eigenvalue weighted by Crippen LogP contribution is 2.21. The molecule has 0 saturated heterocycles. The number of hydrogen-bond acceptors (Lipinski definition) is 3. The van der Waals surface area contributed by atoms with Gasteiger partial charge in [-0.05, 0) is 19.8 Å². The third kappa shape index (κ3) is 4.78. The summed E-state index contributed by atoms with van der Waals surface area (Å²) in [4.78, 5) is 10.5. The SMILES string of the molecule is CCCC(O)(CCC)/C(C)=N/NC(N)=O. The molecule has 0 atom stereocenters. The third-order valence-corrected chi connectivity index (χ3v) is 2.33. The number of nitrogens with one attached hydrogen (secondary N) is 1. The quantitative estimate of drug-likeness (QED) is 0.461. The molecule has 0 rings (SSSR count). The zero-order valence-electron chi connectivity index (χ0n) is 9.71. The predicted molar refractivity (Wildman–Crippen MR) is 60.6 cm³/mol. The van der Waals surface area contributed by atoms with Gasteiger partial charge in [0.05, 0.1) is 5.71 Å². The standard InChI is InChI=1S/C10H21N3O2/c1-4-6-10(15,7-5-2)8(3)12-13-9(11)14/h15H,4-7H2,1-3H3,(H3,11,13,14)/b12-8+. The van der Waals surface area contributed by atoms with Crippen molar-refractivity contribution in [2.45, 2.75) is 52.1 Å². The monoisotopic (exact) mass is 215 g/mol. The zero-order valence-corrected chi connectivity index (χ0v) is 9.71. The first kappa shape index (κ1) is 13.9. The van der Waals surface area contributed by atoms with Gasteiger partial charge >= 0.3 is 6.03 Å². The van der Waals surface area contributed by atoms with Gasteiger partial charge in [0.2, 0.25) is 0 Å². The maximum Gasteiger partial charge on any atom is 0.332 e. The largest absolute Gasteiger partial charge is 0.384 e. The average Bonchev–Trinajstić information content (AvgIpc) is 2.14. The number of carbonyl (C=O) groups is 1. The minimum Gasteiger partial charge on any atom is -0.384 e. The second-order valence-corrected chi connectivity index (χ2v) is 3.70. The Labute approximate surface area is 90.7 Å². The number of hydrazone groups is 1. The molecule has 0 fully saturated rings. The fourth-order valence-electron chi connectivity index (χ4n) is 1.56. The van der Waals surface area contributed by atoms with Gasteiger partial charge in [0.25, 0.3) is 0 Å². The Morgan fingerprint density at radius 2 is 1.87 bits per heavy atom. The van der Waals surface area contributed by atoms with E-state index in [1.54, 1.807) is 6.92 Å². The van der Waals surface area contributed by atoms with Gasteiger partial charge in [0.15, 0.2) is 0 Å². The number of rotatable bonds is 6. The van der Waals surface area contributed by atoms with Crippen molar-refractivity contribution in [2.75, 3.05) is 0 Å². The molecular formula is C10H21N3O2. The predicted octanol–water partition coefficient (Wildman–Crippen LogP) is 1.36. The Balaban J connectivity index is 4.59. The van der Waals surface area contributed by atoms with E-state index in [1.165, 1.54) is 0 Å². The van der Waals surface area contributed by atoms with Gasteiger partial charge in [0, 0.05) is 0 Å². The van der Waals surface area contributed by atoms with Crippen LogP contribution in [-0.2, 0) is 0 Å². The first-order chi connectivity index (χ1) is 6.96. The third-order valence-electron chi connectivity index (χ3n) is 2.33. The van der Waals surface area contributed by atoms with E-state index >= 15 is 0 Å². The number of hydrogen-bond donors (Lipinski definition) is 3. The van der Waals surface area contributed by atoms with E-state index in [9.17, 15) is 9.90 Å². The molecule has 2 amide bonds. The Morgan fingerprint density at radius 3 is 2.20 bits per heavy atom. The summed E-state index contributed by atoms with van der Waals surface area (Å²) < 4.78 is 0. The van der Waals surface area contributed by atoms with E-state index in [1.807, 2.05) is 13.8 Å². The molecule has 0 bridgehead atoms. The van der Waals surface area contributed by atoms with Gasteiger partial charge < -0.3 is 10.8 Å². The molecular weight excluding hydrogens is 194 g/mol. The van der Waals surface area contributed by atoms with Crippen molar-refractivity contribution in [1.29, 1.82) is 0 Å². The minimum absolute atomic E-state index is 0.505. The van der Waals surface area contributed by atoms with Crippen LogP contribution in [0.1, 0.15) is 46.5 Å². The van der Waals surface area contributed by atoms with Crippen LogP contribution in [0, 0.1) is 0 Å². The number of amides is 2. The van der Waals surface area contributed by atoms with E-state index in [-0.39, 0.29) is 0 Å². The Morgan fingerprint density at radius 1 is 1.40 bits per heavy atom. The topological polar surface area (TPSA) is 87.7 Å². The zero-order chi connectivity index (χ0) is 11.9. The molecule has 5 nitrogen and oxygen atoms in total. The van der Waals surface area contributed by atoms with Crippen LogP contribution in [-0.4, -0.2) is 22.5 Å². The Bertz CT molecular complexity index is 233. The molecule has 0 aromatic heterocycles. The van der Waals surface area contributed by atoms with Crippen LogP contribution in [0.3, 0.4) is 0 Å². The van der Waals surface area contributed by atoms with Crippen molar-refractivity contribution >= 4 is 11.7 Å². The summed E-state index contributed by atoms with van der Waals surface area (Å²) in [5.41, 5.74) is 6.61. The average molecular weight is 215 g/mol. The summed E-state index contributed by atoms with van der Waals surface area (Å²) in [6.07, 6.45) is 2.99. The number of urea groups is 1. The maximum absolute atomic E-state index is 10.5. The summed E-state index contributed by atoms with van der Waals surface area (Å²) in [7, 11) is 0. The van der Waals surface area contributed by atoms with Crippen LogP contribution in [0.2, 0.25) is 0 Å². The molecule has 4 N–H and O–H groups in total. The van der Waals surface area contributed by atoms with E-state index in [4.69, 9.17) is 5.73 Å². The van der Waals surface area contributed by atoms with Gasteiger partial charge in [0.1, 0.15) is 5.60 Å². The number of carbonyl (C=O) groups excluding carboxylic acids is 1. The summed E-state index contributed by atoms with van der Waals surface area (Å²) in [6.45, 7) is 5.69. The molecule has 88 valence electrons. The normalized spacial score (nSPS) is 12.7. The van der Waals surface area contributed by atoms with Crippen LogP contribution in [0.25, 0.3) is 0 Å². The molecule has 0 aromatic rings. The van der Waals surface area contributed by atoms with Crippen molar-refractivity contribution < 1.29 is 9.90 Å². The van der Waals surface area contributed by atoms with Gasteiger partial charge in [-0.1, -0.05) is 26.7 Å². The Hall–Kier alpha value is -1.10. The van der Waals surface area contributed by atoms with Crippen LogP contribution < -0.4 is 11.2 Å². The van der Waals surface area contributed by atoms with Crippen LogP contribution >= 0.6 is 0 Å². The molecule has 0 aliphatic heterocycles. The molecule has 0 aromatic carbocycles. The van der Waals surface area contributed by atoms with Crippen molar-refractivity contribution in [2.24, 2.45) is 10.8 Å². The van der Waals surface area contributed by atoms with Gasteiger partial charge in [-0.2, -0.15) is 5.10 Å². The molecule has 0 spiro atoms. The summed E-state index contributed by atoms with van der Waals surface area (Å²) in [5.74, 6) is 0. The summed E-state index contributed by atoms with van der Waals surface area (Å²) >= 11 is 0. The van der Waals surface area contributed by atoms with Crippen LogP contribution in [0.4, 0.5) is 4.79 Å². The van der Waals surface area contributed by atoms with Crippen molar-refractivity contribution in [1.82, 2.24) is 5.43 Å². The van der Waals surface area contributed by atoms with Crippen molar-refractivity contribution in [3.63, 3.8) is 0 Å². The maximum atomic E-state index is 10.5. The van der Waals surface area contributed by atoms with Crippen molar-refractivity contribution in [3.8, 4) is 0 Å². The highest BCUT2D eigenvalue weighted by molar-refractivity contribution is 5.91. The minimum atomic E-state index is -0.925. The van der Waals surface area contributed by atoms with Crippen LogP contribution in [0.5, 0.6) is 0 Å². The van der Waals surface area contributed by atoms with E-state index in [0.717, 1.165) is 12.8 Å². The first-order valence-electron chi connectivity index (χ1n) is 5.28. The summed E-state index contributed by atoms with van der Waals surface area (Å²) in [5, 5.41) is 14.0. The lowest BCUT2D eigenvalue weighted by Crippen LogP contribution is -2.39. The number of aliphatic hydroxyl groups is 1. The molecule has 5 heteroatoms. The lowest BCUT2D eigenvalue weighted by molar-refractivity contribution is 0.0898. The lowest BCUT2D eigenvalue weighted by atomic mass is 9.88. The molecule has 15 heavy (non-hydrogen) atoms. The van der Waals surface area contributed by atoms with Gasteiger partial charge in [-0.15, -0.1) is 0 Å². The summed E-state index contributed by atoms with van der Waals surface area (Å²) in [6, 6.07) is -0.718. The second kappa shape index (κ2) is 6.40. The smallest absolute Gasteiger partial charge is 0.332 e. The fourth-order valence-corrected chi connectivity index (χ4v) is 1.56. The highest BCUT2D eigenvalue weighted by Gasteiger charge is 2.28. The molecule has 0 aliphatic carbocycles. The number of nitrogens with zero attached hydrogens (tertiary/aromatic N) is 1.